The summed E-state index contributed by atoms with van der Waals surface area (Å²) in [6, 6.07) is 0. The SMILES string of the molecule is CN1C#[Se]C=C1. The molecule has 32 valence electrons. The van der Waals surface area contributed by atoms with Crippen molar-refractivity contribution in [2.75, 3.05) is 7.05 Å². The van der Waals surface area contributed by atoms with Crippen LogP contribution in [0, 0.1) is 4.85 Å². The first-order valence-electron chi connectivity index (χ1n) is 1.70. The Morgan fingerprint density at radius 1 is 1.83 bits per heavy atom. The van der Waals surface area contributed by atoms with Gasteiger partial charge in [0.25, 0.3) is 0 Å². The van der Waals surface area contributed by atoms with Gasteiger partial charge in [0.05, 0.1) is 0 Å². The molecule has 0 amide bonds. The van der Waals surface area contributed by atoms with E-state index < -0.39 is 0 Å². The summed E-state index contributed by atoms with van der Waals surface area (Å²) in [7, 11) is 1.99. The van der Waals surface area contributed by atoms with Crippen molar-refractivity contribution in [3.05, 3.63) is 11.2 Å². The van der Waals surface area contributed by atoms with Crippen molar-refractivity contribution in [3.63, 3.8) is 0 Å². The zero-order chi connectivity index (χ0) is 4.41. The zero-order valence-electron chi connectivity index (χ0n) is 3.51. The summed E-state index contributed by atoms with van der Waals surface area (Å²) in [6.45, 7) is 0. The van der Waals surface area contributed by atoms with Crippen LogP contribution in [-0.2, 0) is 0 Å². The Morgan fingerprint density at radius 2 is 2.67 bits per heavy atom. The van der Waals surface area contributed by atoms with Crippen LogP contribution >= 0.6 is 0 Å². The van der Waals surface area contributed by atoms with Gasteiger partial charge in [0, 0.05) is 0 Å². The van der Waals surface area contributed by atoms with Crippen LogP contribution in [0.25, 0.3) is 0 Å². The first-order chi connectivity index (χ1) is 2.89. The van der Waals surface area contributed by atoms with Crippen LogP contribution in [0.15, 0.2) is 11.2 Å². The molecule has 1 rings (SSSR count). The monoisotopic (exact) mass is 147 g/mol. The summed E-state index contributed by atoms with van der Waals surface area (Å²) >= 11 is 0.536. The van der Waals surface area contributed by atoms with Gasteiger partial charge in [-0.15, -0.1) is 0 Å². The first kappa shape index (κ1) is 4.01. The van der Waals surface area contributed by atoms with Gasteiger partial charge in [0.2, 0.25) is 0 Å². The minimum absolute atomic E-state index is 0.536. The van der Waals surface area contributed by atoms with Crippen LogP contribution in [0.1, 0.15) is 0 Å². The van der Waals surface area contributed by atoms with Crippen LogP contribution in [0.5, 0.6) is 0 Å². The Labute approximate surface area is 43.0 Å². The van der Waals surface area contributed by atoms with E-state index in [1.807, 2.05) is 18.1 Å². The number of rotatable bonds is 0. The molecule has 0 aromatic carbocycles. The normalized spacial score (nSPS) is 15.8. The minimum atomic E-state index is 0.536. The molecule has 0 aromatic heterocycles. The molecule has 1 heterocycles. The number of hydrogen-bond acceptors (Lipinski definition) is 1. The van der Waals surface area contributed by atoms with E-state index >= 15 is 0 Å². The van der Waals surface area contributed by atoms with Gasteiger partial charge >= 0.3 is 42.3 Å². The standard InChI is InChI=1S/C4H5NSe/c1-5-2-3-6-4-5/h2-3H,1H3. The molecule has 0 radical (unpaired) electrons. The van der Waals surface area contributed by atoms with E-state index in [-0.39, 0.29) is 0 Å². The third kappa shape index (κ3) is 0.662. The van der Waals surface area contributed by atoms with Crippen LogP contribution in [0.3, 0.4) is 0 Å². The van der Waals surface area contributed by atoms with Crippen LogP contribution in [0.4, 0.5) is 0 Å². The van der Waals surface area contributed by atoms with E-state index in [2.05, 4.69) is 9.83 Å². The van der Waals surface area contributed by atoms with Crippen molar-refractivity contribution < 1.29 is 0 Å². The van der Waals surface area contributed by atoms with E-state index in [1.54, 1.807) is 0 Å². The molecule has 0 N–H and O–H groups in total. The summed E-state index contributed by atoms with van der Waals surface area (Å²) < 4.78 is 0. The molecule has 0 bridgehead atoms. The van der Waals surface area contributed by atoms with Crippen molar-refractivity contribution in [1.29, 1.82) is 0 Å². The Bertz CT molecular complexity index is 128. The molecule has 0 saturated carbocycles. The van der Waals surface area contributed by atoms with Gasteiger partial charge in [-0.1, -0.05) is 0 Å². The van der Waals surface area contributed by atoms with Crippen molar-refractivity contribution in [1.82, 2.24) is 4.90 Å². The van der Waals surface area contributed by atoms with Crippen LogP contribution in [-0.4, -0.2) is 26.3 Å². The summed E-state index contributed by atoms with van der Waals surface area (Å²) in [5.41, 5.74) is 0. The summed E-state index contributed by atoms with van der Waals surface area (Å²) in [5, 5.41) is 0. The first-order valence-corrected chi connectivity index (χ1v) is 3.55. The van der Waals surface area contributed by atoms with Gasteiger partial charge < -0.3 is 0 Å². The average molecular weight is 146 g/mol. The Hall–Kier alpha value is -0.161. The van der Waals surface area contributed by atoms with E-state index in [0.29, 0.717) is 14.3 Å². The molecule has 1 aliphatic rings. The number of hydrogen-bond donors (Lipinski definition) is 0. The molecule has 2 heteroatoms. The van der Waals surface area contributed by atoms with Gasteiger partial charge in [-0.3, -0.25) is 0 Å². The maximum atomic E-state index is 3.10. The Kier molecular flexibility index (Phi) is 1.02. The summed E-state index contributed by atoms with van der Waals surface area (Å²) in [4.78, 5) is 7.19. The molecule has 0 unspecified atom stereocenters. The molecule has 0 aliphatic carbocycles. The van der Waals surface area contributed by atoms with Crippen molar-refractivity contribution in [3.8, 4) is 4.85 Å². The Morgan fingerprint density at radius 3 is 2.83 bits per heavy atom. The second kappa shape index (κ2) is 1.53. The summed E-state index contributed by atoms with van der Waals surface area (Å²) in [5.74, 6) is 0. The molecular weight excluding hydrogens is 141 g/mol. The van der Waals surface area contributed by atoms with E-state index in [9.17, 15) is 0 Å². The van der Waals surface area contributed by atoms with Gasteiger partial charge in [0.15, 0.2) is 0 Å². The predicted molar refractivity (Wildman–Crippen MR) is 26.5 cm³/mol. The van der Waals surface area contributed by atoms with Crippen LogP contribution < -0.4 is 0 Å². The van der Waals surface area contributed by atoms with Crippen LogP contribution in [0.2, 0.25) is 0 Å². The molecule has 0 atom stereocenters. The second-order valence-corrected chi connectivity index (χ2v) is 2.55. The topological polar surface area (TPSA) is 3.24 Å². The zero-order valence-corrected chi connectivity index (χ0v) is 5.22. The third-order valence-electron chi connectivity index (χ3n) is 0.549. The fourth-order valence-electron chi connectivity index (χ4n) is 0.266. The van der Waals surface area contributed by atoms with Gasteiger partial charge in [-0.2, -0.15) is 0 Å². The van der Waals surface area contributed by atoms with Crippen molar-refractivity contribution >= 4 is 14.3 Å². The Balaban J connectivity index is 2.71. The maximum absolute atomic E-state index is 3.10. The van der Waals surface area contributed by atoms with Gasteiger partial charge in [-0.25, -0.2) is 0 Å². The molecule has 0 saturated heterocycles. The van der Waals surface area contributed by atoms with E-state index in [1.165, 1.54) is 0 Å². The molecule has 0 fully saturated rings. The predicted octanol–water partition coefficient (Wildman–Crippen LogP) is 0.0239. The summed E-state index contributed by atoms with van der Waals surface area (Å²) in [6.07, 6.45) is 2.03. The van der Waals surface area contributed by atoms with E-state index in [4.69, 9.17) is 0 Å². The van der Waals surface area contributed by atoms with E-state index in [0.717, 1.165) is 0 Å². The molecular formula is C4H5NSe. The fourth-order valence-corrected chi connectivity index (χ4v) is 1.38. The molecule has 1 aliphatic heterocycles. The fraction of sp³-hybridized carbons (Fsp3) is 0.250. The molecule has 0 aromatic rings. The third-order valence-corrected chi connectivity index (χ3v) is 1.92. The quantitative estimate of drug-likeness (QED) is 0.435. The van der Waals surface area contributed by atoms with Gasteiger partial charge in [-0.05, 0) is 0 Å². The second-order valence-electron chi connectivity index (χ2n) is 1.11. The van der Waals surface area contributed by atoms with Gasteiger partial charge in [0.1, 0.15) is 0 Å². The number of nitrogens with zero attached hydrogens (tertiary/aromatic N) is 1. The average Bonchev–Trinajstić information content (AvgIpc) is 1.86. The van der Waals surface area contributed by atoms with Crippen molar-refractivity contribution in [2.24, 2.45) is 0 Å². The molecule has 6 heavy (non-hydrogen) atoms. The van der Waals surface area contributed by atoms with Crippen molar-refractivity contribution in [2.45, 2.75) is 0 Å². The molecule has 0 spiro atoms. The molecule has 1 nitrogen and oxygen atoms in total.